The van der Waals surface area contributed by atoms with Gasteiger partial charge in [0.05, 0.1) is 23.9 Å². The van der Waals surface area contributed by atoms with E-state index < -0.39 is 0 Å². The molecule has 17 heavy (non-hydrogen) atoms. The van der Waals surface area contributed by atoms with Crippen LogP contribution in [0.5, 0.6) is 0 Å². The summed E-state index contributed by atoms with van der Waals surface area (Å²) in [4.78, 5) is 16.3. The molecule has 1 aromatic heterocycles. The average Bonchev–Trinajstić information content (AvgIpc) is 2.36. The number of nitrogens with zero attached hydrogens (tertiary/aromatic N) is 1. The van der Waals surface area contributed by atoms with Gasteiger partial charge in [-0.15, -0.1) is 0 Å². The van der Waals surface area contributed by atoms with Crippen LogP contribution in [0.25, 0.3) is 10.9 Å². The van der Waals surface area contributed by atoms with E-state index >= 15 is 0 Å². The maximum absolute atomic E-state index is 11.7. The fourth-order valence-corrected chi connectivity index (χ4v) is 1.84. The molecule has 0 amide bonds. The normalized spacial score (nSPS) is 10.8. The number of pyridine rings is 1. The average molecular weight is 229 g/mol. The molecule has 1 aromatic carbocycles. The summed E-state index contributed by atoms with van der Waals surface area (Å²) < 4.78 is 4.80. The zero-order valence-corrected chi connectivity index (χ0v) is 10.2. The number of aromatic nitrogens is 1. The standard InChI is InChI=1S/C14H15NO2/c1-9(2)13-11(14(16)17-3)8-10-6-4-5-7-12(10)15-13/h4-9H,1-3H3. The third kappa shape index (κ3) is 2.13. The van der Waals surface area contributed by atoms with E-state index in [2.05, 4.69) is 4.98 Å². The first kappa shape index (κ1) is 11.6. The molecule has 2 rings (SSSR count). The summed E-state index contributed by atoms with van der Waals surface area (Å²) in [7, 11) is 1.39. The van der Waals surface area contributed by atoms with Gasteiger partial charge in [0.15, 0.2) is 0 Å². The van der Waals surface area contributed by atoms with Gasteiger partial charge in [-0.3, -0.25) is 4.98 Å². The van der Waals surface area contributed by atoms with Gasteiger partial charge >= 0.3 is 5.97 Å². The summed E-state index contributed by atoms with van der Waals surface area (Å²) >= 11 is 0. The molecule has 0 aliphatic rings. The Balaban J connectivity index is 2.70. The van der Waals surface area contributed by atoms with Crippen molar-refractivity contribution in [2.75, 3.05) is 7.11 Å². The van der Waals surface area contributed by atoms with Gasteiger partial charge < -0.3 is 4.74 Å². The summed E-state index contributed by atoms with van der Waals surface area (Å²) in [5, 5.41) is 0.956. The van der Waals surface area contributed by atoms with Gasteiger partial charge in [0.25, 0.3) is 0 Å². The number of carbonyl (C=O) groups excluding carboxylic acids is 1. The summed E-state index contributed by atoms with van der Waals surface area (Å²) in [5.74, 6) is -0.138. The van der Waals surface area contributed by atoms with Crippen LogP contribution >= 0.6 is 0 Å². The third-order valence-electron chi connectivity index (χ3n) is 2.71. The van der Waals surface area contributed by atoms with Crippen molar-refractivity contribution in [1.82, 2.24) is 4.98 Å². The van der Waals surface area contributed by atoms with E-state index in [1.165, 1.54) is 7.11 Å². The van der Waals surface area contributed by atoms with Crippen LogP contribution in [0.4, 0.5) is 0 Å². The number of hydrogen-bond donors (Lipinski definition) is 0. The molecule has 88 valence electrons. The SMILES string of the molecule is COC(=O)c1cc2ccccc2nc1C(C)C. The van der Waals surface area contributed by atoms with Crippen molar-refractivity contribution in [3.8, 4) is 0 Å². The second-order valence-corrected chi connectivity index (χ2v) is 4.26. The van der Waals surface area contributed by atoms with E-state index in [0.717, 1.165) is 16.6 Å². The lowest BCUT2D eigenvalue weighted by Gasteiger charge is -2.11. The predicted molar refractivity (Wildman–Crippen MR) is 67.2 cm³/mol. The number of ether oxygens (including phenoxy) is 1. The molecule has 0 saturated heterocycles. The molecule has 0 atom stereocenters. The summed E-state index contributed by atoms with van der Waals surface area (Å²) in [6, 6.07) is 9.61. The molecule has 0 unspecified atom stereocenters. The van der Waals surface area contributed by atoms with Gasteiger partial charge in [0.1, 0.15) is 0 Å². The molecule has 0 aliphatic heterocycles. The van der Waals surface area contributed by atoms with Crippen molar-refractivity contribution in [3.63, 3.8) is 0 Å². The maximum Gasteiger partial charge on any atom is 0.339 e. The highest BCUT2D eigenvalue weighted by atomic mass is 16.5. The van der Waals surface area contributed by atoms with Gasteiger partial charge in [-0.1, -0.05) is 32.0 Å². The Morgan fingerprint density at radius 3 is 2.65 bits per heavy atom. The Hall–Kier alpha value is -1.90. The summed E-state index contributed by atoms with van der Waals surface area (Å²) in [6.45, 7) is 4.03. The first-order chi connectivity index (χ1) is 8.13. The van der Waals surface area contributed by atoms with E-state index in [9.17, 15) is 4.79 Å². The van der Waals surface area contributed by atoms with Crippen molar-refractivity contribution in [2.24, 2.45) is 0 Å². The number of para-hydroxylation sites is 1. The lowest BCUT2D eigenvalue weighted by atomic mass is 10.0. The van der Waals surface area contributed by atoms with Crippen LogP contribution in [0, 0.1) is 0 Å². The number of fused-ring (bicyclic) bond motifs is 1. The highest BCUT2D eigenvalue weighted by Crippen LogP contribution is 2.23. The van der Waals surface area contributed by atoms with E-state index in [4.69, 9.17) is 4.74 Å². The molecule has 0 radical (unpaired) electrons. The molecule has 0 fully saturated rings. The Morgan fingerprint density at radius 2 is 2.00 bits per heavy atom. The number of methoxy groups -OCH3 is 1. The fourth-order valence-electron chi connectivity index (χ4n) is 1.84. The minimum Gasteiger partial charge on any atom is -0.465 e. The van der Waals surface area contributed by atoms with Crippen molar-refractivity contribution < 1.29 is 9.53 Å². The smallest absolute Gasteiger partial charge is 0.339 e. The quantitative estimate of drug-likeness (QED) is 0.742. The van der Waals surface area contributed by atoms with Crippen molar-refractivity contribution in [2.45, 2.75) is 19.8 Å². The van der Waals surface area contributed by atoms with Crippen LogP contribution in [-0.2, 0) is 4.74 Å². The van der Waals surface area contributed by atoms with Crippen LogP contribution in [0.3, 0.4) is 0 Å². The monoisotopic (exact) mass is 229 g/mol. The lowest BCUT2D eigenvalue weighted by molar-refractivity contribution is 0.0598. The molecular weight excluding hydrogens is 214 g/mol. The first-order valence-corrected chi connectivity index (χ1v) is 5.61. The van der Waals surface area contributed by atoms with Crippen molar-refractivity contribution in [3.05, 3.63) is 41.6 Å². The molecule has 1 heterocycles. The second-order valence-electron chi connectivity index (χ2n) is 4.26. The van der Waals surface area contributed by atoms with Crippen LogP contribution in [0.15, 0.2) is 30.3 Å². The van der Waals surface area contributed by atoms with E-state index in [-0.39, 0.29) is 11.9 Å². The zero-order chi connectivity index (χ0) is 12.4. The van der Waals surface area contributed by atoms with E-state index in [0.29, 0.717) is 5.56 Å². The molecule has 0 bridgehead atoms. The van der Waals surface area contributed by atoms with Gasteiger partial charge in [-0.2, -0.15) is 0 Å². The van der Waals surface area contributed by atoms with Gasteiger partial charge in [-0.05, 0) is 18.1 Å². The van der Waals surface area contributed by atoms with E-state index in [1.54, 1.807) is 0 Å². The minimum absolute atomic E-state index is 0.189. The predicted octanol–water partition coefficient (Wildman–Crippen LogP) is 3.14. The number of benzene rings is 1. The molecular formula is C14H15NO2. The number of rotatable bonds is 2. The van der Waals surface area contributed by atoms with Gasteiger partial charge in [-0.25, -0.2) is 4.79 Å². The molecule has 0 spiro atoms. The number of hydrogen-bond acceptors (Lipinski definition) is 3. The van der Waals surface area contributed by atoms with Crippen LogP contribution < -0.4 is 0 Å². The van der Waals surface area contributed by atoms with Crippen LogP contribution in [-0.4, -0.2) is 18.1 Å². The second kappa shape index (κ2) is 4.53. The highest BCUT2D eigenvalue weighted by molar-refractivity contribution is 5.95. The summed E-state index contributed by atoms with van der Waals surface area (Å²) in [5.41, 5.74) is 2.25. The minimum atomic E-state index is -0.327. The molecule has 0 N–H and O–H groups in total. The van der Waals surface area contributed by atoms with Gasteiger partial charge in [0, 0.05) is 5.39 Å². The number of carbonyl (C=O) groups is 1. The molecule has 3 heteroatoms. The number of esters is 1. The van der Waals surface area contributed by atoms with Gasteiger partial charge in [0.2, 0.25) is 0 Å². The molecule has 2 aromatic rings. The zero-order valence-electron chi connectivity index (χ0n) is 10.2. The third-order valence-corrected chi connectivity index (χ3v) is 2.71. The topological polar surface area (TPSA) is 39.2 Å². The van der Waals surface area contributed by atoms with E-state index in [1.807, 2.05) is 44.2 Å². The van der Waals surface area contributed by atoms with Crippen molar-refractivity contribution in [1.29, 1.82) is 0 Å². The Morgan fingerprint density at radius 1 is 1.29 bits per heavy atom. The van der Waals surface area contributed by atoms with Crippen LogP contribution in [0.1, 0.15) is 35.8 Å². The molecule has 0 aliphatic carbocycles. The fraction of sp³-hybridized carbons (Fsp3) is 0.286. The molecule has 3 nitrogen and oxygen atoms in total. The Labute approximate surface area is 100 Å². The summed E-state index contributed by atoms with van der Waals surface area (Å²) in [6.07, 6.45) is 0. The Kier molecular flexibility index (Phi) is 3.09. The lowest BCUT2D eigenvalue weighted by Crippen LogP contribution is -2.09. The Bertz CT molecular complexity index is 561. The van der Waals surface area contributed by atoms with Crippen LogP contribution in [0.2, 0.25) is 0 Å². The van der Waals surface area contributed by atoms with Crippen molar-refractivity contribution >= 4 is 16.9 Å². The first-order valence-electron chi connectivity index (χ1n) is 5.61. The maximum atomic E-state index is 11.7. The largest absolute Gasteiger partial charge is 0.465 e. The highest BCUT2D eigenvalue weighted by Gasteiger charge is 2.16. The molecule has 0 saturated carbocycles.